The number of carbonyl (C=O) groups is 1. The van der Waals surface area contributed by atoms with Crippen LogP contribution in [0.5, 0.6) is 0 Å². The van der Waals surface area contributed by atoms with E-state index in [1.54, 1.807) is 14.0 Å². The van der Waals surface area contributed by atoms with Crippen LogP contribution in [0.25, 0.3) is 0 Å². The molecule has 0 aromatic heterocycles. The van der Waals surface area contributed by atoms with Crippen molar-refractivity contribution < 1.29 is 19.0 Å². The first-order chi connectivity index (χ1) is 7.64. The Kier molecular flexibility index (Phi) is 7.85. The predicted molar refractivity (Wildman–Crippen MR) is 62.0 cm³/mol. The predicted octanol–water partition coefficient (Wildman–Crippen LogP) is 2.29. The van der Waals surface area contributed by atoms with Gasteiger partial charge in [-0.3, -0.25) is 4.79 Å². The lowest BCUT2D eigenvalue weighted by Gasteiger charge is -2.29. The fourth-order valence-electron chi connectivity index (χ4n) is 1.30. The number of carbonyl (C=O) groups excluding carboxylic acids is 1. The Hall–Kier alpha value is -0.870. The molecule has 4 heteroatoms. The van der Waals surface area contributed by atoms with Crippen LogP contribution in [0, 0.1) is 0 Å². The zero-order valence-corrected chi connectivity index (χ0v) is 10.6. The maximum absolute atomic E-state index is 11.4. The lowest BCUT2D eigenvalue weighted by atomic mass is 10.0. The van der Waals surface area contributed by atoms with Gasteiger partial charge in [0.25, 0.3) is 0 Å². The Morgan fingerprint density at radius 2 is 2.06 bits per heavy atom. The molecule has 0 aliphatic rings. The van der Waals surface area contributed by atoms with E-state index in [-0.39, 0.29) is 12.8 Å². The maximum atomic E-state index is 11.4. The average molecular weight is 230 g/mol. The van der Waals surface area contributed by atoms with Crippen LogP contribution in [0.2, 0.25) is 0 Å². The van der Waals surface area contributed by atoms with Crippen molar-refractivity contribution in [1.29, 1.82) is 0 Å². The number of rotatable bonds is 8. The Morgan fingerprint density at radius 3 is 2.50 bits per heavy atom. The van der Waals surface area contributed by atoms with E-state index >= 15 is 0 Å². The highest BCUT2D eigenvalue weighted by molar-refractivity contribution is 5.69. The molecule has 0 fully saturated rings. The molecule has 1 atom stereocenters. The van der Waals surface area contributed by atoms with E-state index < -0.39 is 5.60 Å². The highest BCUT2D eigenvalue weighted by Gasteiger charge is 2.29. The van der Waals surface area contributed by atoms with E-state index in [1.807, 2.05) is 26.0 Å². The summed E-state index contributed by atoms with van der Waals surface area (Å²) in [4.78, 5) is 11.4. The second-order valence-electron chi connectivity index (χ2n) is 3.50. The number of methoxy groups -OCH3 is 1. The lowest BCUT2D eigenvalue weighted by Crippen LogP contribution is -2.37. The van der Waals surface area contributed by atoms with Crippen molar-refractivity contribution in [2.24, 2.45) is 0 Å². The molecule has 0 N–H and O–H groups in total. The highest BCUT2D eigenvalue weighted by Crippen LogP contribution is 2.20. The molecule has 0 saturated carbocycles. The van der Waals surface area contributed by atoms with Gasteiger partial charge >= 0.3 is 5.97 Å². The molecular formula is C12H22O4. The summed E-state index contributed by atoms with van der Waals surface area (Å²) < 4.78 is 15.5. The normalized spacial score (nSPS) is 15.0. The molecular weight excluding hydrogens is 208 g/mol. The van der Waals surface area contributed by atoms with Gasteiger partial charge in [0.2, 0.25) is 0 Å². The van der Waals surface area contributed by atoms with Gasteiger partial charge in [0, 0.05) is 13.5 Å². The molecule has 0 saturated heterocycles. The fourth-order valence-corrected chi connectivity index (χ4v) is 1.30. The second kappa shape index (κ2) is 8.30. The summed E-state index contributed by atoms with van der Waals surface area (Å²) in [7, 11) is 1.56. The van der Waals surface area contributed by atoms with Gasteiger partial charge in [-0.25, -0.2) is 0 Å². The lowest BCUT2D eigenvalue weighted by molar-refractivity contribution is -0.164. The van der Waals surface area contributed by atoms with Crippen molar-refractivity contribution in [1.82, 2.24) is 0 Å². The van der Waals surface area contributed by atoms with E-state index in [0.29, 0.717) is 19.4 Å². The number of esters is 1. The summed E-state index contributed by atoms with van der Waals surface area (Å²) in [6.07, 6.45) is 4.76. The highest BCUT2D eigenvalue weighted by atomic mass is 16.7. The Bertz CT molecular complexity index is 225. The fraction of sp³-hybridized carbons (Fsp3) is 0.750. The van der Waals surface area contributed by atoms with Crippen molar-refractivity contribution >= 4 is 5.97 Å². The Balaban J connectivity index is 4.50. The first-order valence-electron chi connectivity index (χ1n) is 5.56. The minimum absolute atomic E-state index is 0.197. The van der Waals surface area contributed by atoms with Gasteiger partial charge < -0.3 is 14.2 Å². The summed E-state index contributed by atoms with van der Waals surface area (Å²) >= 11 is 0. The van der Waals surface area contributed by atoms with E-state index in [0.717, 1.165) is 0 Å². The molecule has 0 aliphatic carbocycles. The van der Waals surface area contributed by atoms with Crippen LogP contribution in [0.4, 0.5) is 0 Å². The molecule has 0 bridgehead atoms. The zero-order chi connectivity index (χ0) is 12.4. The Labute approximate surface area is 97.6 Å². The van der Waals surface area contributed by atoms with Crippen molar-refractivity contribution in [2.45, 2.75) is 39.2 Å². The topological polar surface area (TPSA) is 44.8 Å². The van der Waals surface area contributed by atoms with Crippen LogP contribution in [0.1, 0.15) is 33.6 Å². The number of hydrogen-bond donors (Lipinski definition) is 0. The minimum Gasteiger partial charge on any atom is -0.452 e. The molecule has 0 aromatic carbocycles. The van der Waals surface area contributed by atoms with Crippen LogP contribution in [0.3, 0.4) is 0 Å². The summed E-state index contributed by atoms with van der Waals surface area (Å²) in [6, 6.07) is 0. The summed E-state index contributed by atoms with van der Waals surface area (Å²) in [5.74, 6) is -0.221. The molecule has 0 aromatic rings. The monoisotopic (exact) mass is 230 g/mol. The van der Waals surface area contributed by atoms with Crippen molar-refractivity contribution in [3.63, 3.8) is 0 Å². The third-order valence-electron chi connectivity index (χ3n) is 2.22. The van der Waals surface area contributed by atoms with E-state index in [4.69, 9.17) is 14.2 Å². The quantitative estimate of drug-likeness (QED) is 0.278. The summed E-state index contributed by atoms with van der Waals surface area (Å²) in [5, 5.41) is 0. The van der Waals surface area contributed by atoms with E-state index in [1.165, 1.54) is 0 Å². The summed E-state index contributed by atoms with van der Waals surface area (Å²) in [5.41, 5.74) is -0.666. The first kappa shape index (κ1) is 15.1. The van der Waals surface area contributed by atoms with Gasteiger partial charge in [0.1, 0.15) is 6.79 Å². The standard InChI is InChI=1S/C12H22O4/c1-5-8-12(7-3,9-15-10-14-4)16-11(13)6-2/h5,8H,6-7,9-10H2,1-4H3/b8-5-. The Morgan fingerprint density at radius 1 is 1.38 bits per heavy atom. The molecule has 94 valence electrons. The van der Waals surface area contributed by atoms with Crippen LogP contribution < -0.4 is 0 Å². The van der Waals surface area contributed by atoms with Gasteiger partial charge in [-0.2, -0.15) is 0 Å². The third kappa shape index (κ3) is 5.28. The van der Waals surface area contributed by atoms with Gasteiger partial charge in [0.15, 0.2) is 5.60 Å². The number of allylic oxidation sites excluding steroid dienone is 1. The van der Waals surface area contributed by atoms with Gasteiger partial charge in [-0.05, 0) is 19.4 Å². The van der Waals surface area contributed by atoms with Crippen LogP contribution in [-0.2, 0) is 19.0 Å². The van der Waals surface area contributed by atoms with Crippen molar-refractivity contribution in [3.8, 4) is 0 Å². The molecule has 1 unspecified atom stereocenters. The third-order valence-corrected chi connectivity index (χ3v) is 2.22. The maximum Gasteiger partial charge on any atom is 0.306 e. The molecule has 16 heavy (non-hydrogen) atoms. The van der Waals surface area contributed by atoms with Crippen molar-refractivity contribution in [2.75, 3.05) is 20.5 Å². The average Bonchev–Trinajstić information content (AvgIpc) is 2.29. The van der Waals surface area contributed by atoms with Gasteiger partial charge in [-0.1, -0.05) is 19.9 Å². The van der Waals surface area contributed by atoms with Crippen LogP contribution in [-0.4, -0.2) is 32.1 Å². The molecule has 0 rings (SSSR count). The largest absolute Gasteiger partial charge is 0.452 e. The molecule has 0 spiro atoms. The van der Waals surface area contributed by atoms with Crippen LogP contribution >= 0.6 is 0 Å². The zero-order valence-electron chi connectivity index (χ0n) is 10.6. The molecule has 0 amide bonds. The van der Waals surface area contributed by atoms with Crippen molar-refractivity contribution in [3.05, 3.63) is 12.2 Å². The first-order valence-corrected chi connectivity index (χ1v) is 5.56. The van der Waals surface area contributed by atoms with Gasteiger partial charge in [-0.15, -0.1) is 0 Å². The number of ether oxygens (including phenoxy) is 3. The minimum atomic E-state index is -0.666. The molecule has 0 heterocycles. The summed E-state index contributed by atoms with van der Waals surface area (Å²) in [6.45, 7) is 6.13. The van der Waals surface area contributed by atoms with E-state index in [9.17, 15) is 4.79 Å². The molecule has 0 aliphatic heterocycles. The second-order valence-corrected chi connectivity index (χ2v) is 3.50. The van der Waals surface area contributed by atoms with Gasteiger partial charge in [0.05, 0.1) is 6.61 Å². The molecule has 0 radical (unpaired) electrons. The molecule has 4 nitrogen and oxygen atoms in total. The van der Waals surface area contributed by atoms with E-state index in [2.05, 4.69) is 0 Å². The van der Waals surface area contributed by atoms with Crippen LogP contribution in [0.15, 0.2) is 12.2 Å². The smallest absolute Gasteiger partial charge is 0.306 e. The SMILES string of the molecule is C/C=C\C(CC)(COCOC)OC(=O)CC. The number of hydrogen-bond acceptors (Lipinski definition) is 4.